The monoisotopic (exact) mass is 253 g/mol. The summed E-state index contributed by atoms with van der Waals surface area (Å²) in [5, 5.41) is 1.90. The van der Waals surface area contributed by atoms with Crippen LogP contribution in [0.25, 0.3) is 10.2 Å². The normalized spacial score (nSPS) is 12.4. The van der Waals surface area contributed by atoms with Crippen LogP contribution in [-0.4, -0.2) is 35.7 Å². The maximum atomic E-state index is 11.1. The number of methoxy groups -OCH3 is 1. The number of thiophene rings is 1. The van der Waals surface area contributed by atoms with Crippen LogP contribution in [-0.2, 0) is 9.53 Å². The Morgan fingerprint density at radius 3 is 3.18 bits per heavy atom. The van der Waals surface area contributed by atoms with E-state index in [9.17, 15) is 4.79 Å². The number of carbonyl (C=O) groups excluding carboxylic acids is 1. The summed E-state index contributed by atoms with van der Waals surface area (Å²) in [4.78, 5) is 19.2. The number of ether oxygens (including phenoxy) is 2. The summed E-state index contributed by atoms with van der Waals surface area (Å²) in [6.07, 6.45) is 1.41. The van der Waals surface area contributed by atoms with Crippen LogP contribution >= 0.6 is 11.3 Å². The molecule has 2 N–H and O–H groups in total. The molecule has 0 saturated carbocycles. The first-order valence-corrected chi connectivity index (χ1v) is 5.74. The topological polar surface area (TPSA) is 87.3 Å². The number of hydrogen-bond donors (Lipinski definition) is 1. The second kappa shape index (κ2) is 5.07. The van der Waals surface area contributed by atoms with Crippen molar-refractivity contribution in [3.05, 3.63) is 17.8 Å². The van der Waals surface area contributed by atoms with Gasteiger partial charge in [-0.2, -0.15) is 0 Å². The summed E-state index contributed by atoms with van der Waals surface area (Å²) in [5.74, 6) is -0.0779. The Balaban J connectivity index is 2.09. The summed E-state index contributed by atoms with van der Waals surface area (Å²) in [7, 11) is 1.28. The van der Waals surface area contributed by atoms with Gasteiger partial charge in [0.05, 0.1) is 12.6 Å². The number of hydrogen-bond acceptors (Lipinski definition) is 7. The smallest absolute Gasteiger partial charge is 0.326 e. The first kappa shape index (κ1) is 11.7. The van der Waals surface area contributed by atoms with Crippen LogP contribution in [0.3, 0.4) is 0 Å². The Morgan fingerprint density at radius 1 is 1.59 bits per heavy atom. The minimum atomic E-state index is -0.815. The Hall–Kier alpha value is -1.73. The summed E-state index contributed by atoms with van der Waals surface area (Å²) in [5.41, 5.74) is 6.37. The van der Waals surface area contributed by atoms with E-state index in [4.69, 9.17) is 10.5 Å². The highest BCUT2D eigenvalue weighted by atomic mass is 32.1. The van der Waals surface area contributed by atoms with Crippen molar-refractivity contribution in [3.8, 4) is 5.88 Å². The second-order valence-electron chi connectivity index (χ2n) is 3.25. The van der Waals surface area contributed by atoms with Gasteiger partial charge in [-0.1, -0.05) is 0 Å². The highest BCUT2D eigenvalue weighted by Crippen LogP contribution is 2.26. The molecule has 0 saturated heterocycles. The number of carbonyl (C=O) groups is 1. The number of aromatic nitrogens is 2. The van der Waals surface area contributed by atoms with Gasteiger partial charge in [-0.15, -0.1) is 11.3 Å². The molecule has 90 valence electrons. The average molecular weight is 253 g/mol. The summed E-state index contributed by atoms with van der Waals surface area (Å²) < 4.78 is 10.7. The molecule has 0 amide bonds. The van der Waals surface area contributed by atoms with Gasteiger partial charge in [-0.05, 0) is 11.4 Å². The molecule has 2 rings (SSSR count). The van der Waals surface area contributed by atoms with Crippen molar-refractivity contribution in [2.24, 2.45) is 5.73 Å². The molecule has 0 radical (unpaired) electrons. The van der Waals surface area contributed by atoms with Crippen LogP contribution in [0, 0.1) is 0 Å². The molecule has 2 aromatic rings. The van der Waals surface area contributed by atoms with Crippen molar-refractivity contribution in [1.82, 2.24) is 9.97 Å². The number of esters is 1. The number of nitrogens with two attached hydrogens (primary N) is 1. The molecule has 1 atom stereocenters. The molecule has 0 aromatic carbocycles. The first-order chi connectivity index (χ1) is 8.22. The van der Waals surface area contributed by atoms with Crippen LogP contribution in [0.1, 0.15) is 0 Å². The molecule has 0 fully saturated rings. The molecule has 0 spiro atoms. The quantitative estimate of drug-likeness (QED) is 0.801. The van der Waals surface area contributed by atoms with Crippen LogP contribution < -0.4 is 10.5 Å². The van der Waals surface area contributed by atoms with Crippen molar-refractivity contribution in [3.63, 3.8) is 0 Å². The molecule has 6 nitrogen and oxygen atoms in total. The van der Waals surface area contributed by atoms with E-state index in [1.54, 1.807) is 0 Å². The van der Waals surface area contributed by atoms with Gasteiger partial charge < -0.3 is 15.2 Å². The molecular weight excluding hydrogens is 242 g/mol. The van der Waals surface area contributed by atoms with E-state index < -0.39 is 12.0 Å². The fourth-order valence-corrected chi connectivity index (χ4v) is 2.04. The molecule has 1 unspecified atom stereocenters. The number of rotatable bonds is 4. The van der Waals surface area contributed by atoms with E-state index >= 15 is 0 Å². The summed E-state index contributed by atoms with van der Waals surface area (Å²) in [6.45, 7) is 0.0245. The number of nitrogens with zero attached hydrogens (tertiary/aromatic N) is 2. The Kier molecular flexibility index (Phi) is 3.50. The maximum absolute atomic E-state index is 11.1. The zero-order valence-corrected chi connectivity index (χ0v) is 9.94. The third kappa shape index (κ3) is 2.51. The van der Waals surface area contributed by atoms with E-state index in [0.29, 0.717) is 5.88 Å². The zero-order valence-electron chi connectivity index (χ0n) is 9.12. The van der Waals surface area contributed by atoms with Crippen molar-refractivity contribution >= 4 is 27.5 Å². The largest absolute Gasteiger partial charge is 0.474 e. The van der Waals surface area contributed by atoms with Gasteiger partial charge in [0.25, 0.3) is 0 Å². The van der Waals surface area contributed by atoms with E-state index in [0.717, 1.165) is 10.2 Å². The molecule has 0 bridgehead atoms. The molecule has 0 aliphatic carbocycles. The van der Waals surface area contributed by atoms with Gasteiger partial charge in [0.2, 0.25) is 5.88 Å². The van der Waals surface area contributed by atoms with Gasteiger partial charge >= 0.3 is 5.97 Å². The average Bonchev–Trinajstić information content (AvgIpc) is 2.83. The van der Waals surface area contributed by atoms with Crippen LogP contribution in [0.4, 0.5) is 0 Å². The fraction of sp³-hybridized carbons (Fsp3) is 0.300. The molecule has 2 heterocycles. The number of fused-ring (bicyclic) bond motifs is 1. The minimum absolute atomic E-state index is 0.0245. The van der Waals surface area contributed by atoms with Gasteiger partial charge in [0.1, 0.15) is 23.7 Å². The van der Waals surface area contributed by atoms with Crippen molar-refractivity contribution in [1.29, 1.82) is 0 Å². The predicted molar refractivity (Wildman–Crippen MR) is 62.9 cm³/mol. The minimum Gasteiger partial charge on any atom is -0.474 e. The third-order valence-corrected chi connectivity index (χ3v) is 3.01. The lowest BCUT2D eigenvalue weighted by molar-refractivity contribution is -0.142. The van der Waals surface area contributed by atoms with Crippen molar-refractivity contribution in [2.45, 2.75) is 6.04 Å². The SMILES string of the molecule is COC(=O)C(N)COc1ncnc2ccsc12. The van der Waals surface area contributed by atoms with Crippen LogP contribution in [0.5, 0.6) is 5.88 Å². The Bertz CT molecular complexity index is 528. The lowest BCUT2D eigenvalue weighted by Gasteiger charge is -2.10. The third-order valence-electron chi connectivity index (χ3n) is 2.11. The molecule has 0 aliphatic rings. The zero-order chi connectivity index (χ0) is 12.3. The van der Waals surface area contributed by atoms with E-state index in [1.807, 2.05) is 11.4 Å². The second-order valence-corrected chi connectivity index (χ2v) is 4.17. The van der Waals surface area contributed by atoms with Crippen molar-refractivity contribution in [2.75, 3.05) is 13.7 Å². The predicted octanol–water partition coefficient (Wildman–Crippen LogP) is 0.570. The van der Waals surface area contributed by atoms with Crippen LogP contribution in [0.15, 0.2) is 17.8 Å². The maximum Gasteiger partial charge on any atom is 0.326 e. The van der Waals surface area contributed by atoms with Gasteiger partial charge in [0.15, 0.2) is 0 Å². The van der Waals surface area contributed by atoms with Crippen molar-refractivity contribution < 1.29 is 14.3 Å². The van der Waals surface area contributed by atoms with Crippen LogP contribution in [0.2, 0.25) is 0 Å². The summed E-state index contributed by atoms with van der Waals surface area (Å²) >= 11 is 1.47. The summed E-state index contributed by atoms with van der Waals surface area (Å²) in [6, 6.07) is 1.05. The molecule has 0 aliphatic heterocycles. The lowest BCUT2D eigenvalue weighted by atomic mass is 10.3. The van der Waals surface area contributed by atoms with E-state index in [-0.39, 0.29) is 6.61 Å². The standard InChI is InChI=1S/C10H11N3O3S/c1-15-10(14)6(11)4-16-9-8-7(2-3-17-8)12-5-13-9/h2-3,5-6H,4,11H2,1H3. The van der Waals surface area contributed by atoms with Gasteiger partial charge in [0, 0.05) is 0 Å². The lowest BCUT2D eigenvalue weighted by Crippen LogP contribution is -2.37. The Morgan fingerprint density at radius 2 is 2.41 bits per heavy atom. The highest BCUT2D eigenvalue weighted by Gasteiger charge is 2.15. The van der Waals surface area contributed by atoms with Gasteiger partial charge in [-0.3, -0.25) is 4.79 Å². The molecule has 17 heavy (non-hydrogen) atoms. The molecule has 2 aromatic heterocycles. The van der Waals surface area contributed by atoms with E-state index in [2.05, 4.69) is 14.7 Å². The molecular formula is C10H11N3O3S. The Labute approximate surface area is 101 Å². The van der Waals surface area contributed by atoms with E-state index in [1.165, 1.54) is 24.8 Å². The molecule has 7 heteroatoms. The fourth-order valence-electron chi connectivity index (χ4n) is 1.26. The first-order valence-electron chi connectivity index (χ1n) is 4.86. The van der Waals surface area contributed by atoms with Gasteiger partial charge in [-0.25, -0.2) is 9.97 Å². The highest BCUT2D eigenvalue weighted by molar-refractivity contribution is 7.17.